The number of anilines is 1. The van der Waals surface area contributed by atoms with E-state index in [1.165, 1.54) is 20.1 Å². The average molecular weight is 223 g/mol. The third-order valence-corrected chi connectivity index (χ3v) is 1.93. The van der Waals surface area contributed by atoms with Gasteiger partial charge in [-0.25, -0.2) is 0 Å². The molecular formula is C11H13NO4. The molecule has 0 radical (unpaired) electrons. The first kappa shape index (κ1) is 12.2. The lowest BCUT2D eigenvalue weighted by atomic mass is 10.2. The summed E-state index contributed by atoms with van der Waals surface area (Å²) in [7, 11) is 1.48. The smallest absolute Gasteiger partial charge is 0.258 e. The number of hydroxylamine groups is 1. The second-order valence-corrected chi connectivity index (χ2v) is 3.29. The Bertz CT molecular complexity index is 403. The fourth-order valence-electron chi connectivity index (χ4n) is 1.17. The maximum atomic E-state index is 11.4. The van der Waals surface area contributed by atoms with Crippen molar-refractivity contribution in [3.05, 3.63) is 24.3 Å². The number of rotatable bonds is 4. The summed E-state index contributed by atoms with van der Waals surface area (Å²) in [6.07, 6.45) is -0.326. The number of carbonyl (C=O) groups is 2. The van der Waals surface area contributed by atoms with Crippen LogP contribution in [0.2, 0.25) is 0 Å². The summed E-state index contributed by atoms with van der Waals surface area (Å²) < 4.78 is 4.95. The van der Waals surface area contributed by atoms with Crippen LogP contribution in [0.25, 0.3) is 0 Å². The highest BCUT2D eigenvalue weighted by atomic mass is 16.5. The maximum Gasteiger partial charge on any atom is 0.258 e. The van der Waals surface area contributed by atoms with E-state index in [9.17, 15) is 14.8 Å². The average Bonchev–Trinajstić information content (AvgIpc) is 2.27. The number of methoxy groups -OCH3 is 1. The van der Waals surface area contributed by atoms with E-state index in [4.69, 9.17) is 4.74 Å². The van der Waals surface area contributed by atoms with Crippen LogP contribution in [-0.4, -0.2) is 24.0 Å². The van der Waals surface area contributed by atoms with Crippen molar-refractivity contribution in [3.8, 4) is 5.75 Å². The SMILES string of the molecule is COc1cccc(N(O)C(=O)CC(C)=O)c1. The molecule has 0 atom stereocenters. The first-order valence-electron chi connectivity index (χ1n) is 4.70. The number of Topliss-reactive ketones (excluding diaryl/α,β-unsaturated/α-hetero) is 1. The largest absolute Gasteiger partial charge is 0.497 e. The molecule has 5 nitrogen and oxygen atoms in total. The lowest BCUT2D eigenvalue weighted by Crippen LogP contribution is -2.28. The molecule has 16 heavy (non-hydrogen) atoms. The molecule has 5 heteroatoms. The molecule has 0 unspecified atom stereocenters. The van der Waals surface area contributed by atoms with Gasteiger partial charge in [0.1, 0.15) is 11.5 Å². The summed E-state index contributed by atoms with van der Waals surface area (Å²) in [5, 5.41) is 9.98. The standard InChI is InChI=1S/C11H13NO4/c1-8(13)6-11(14)12(15)9-4-3-5-10(7-9)16-2/h3-5,7,15H,6H2,1-2H3. The van der Waals surface area contributed by atoms with Crippen molar-refractivity contribution in [2.75, 3.05) is 12.2 Å². The van der Waals surface area contributed by atoms with E-state index in [-0.39, 0.29) is 17.9 Å². The summed E-state index contributed by atoms with van der Waals surface area (Å²) in [4.78, 5) is 22.1. The molecule has 1 rings (SSSR count). The predicted octanol–water partition coefficient (Wildman–Crippen LogP) is 1.40. The van der Waals surface area contributed by atoms with Gasteiger partial charge in [0.05, 0.1) is 19.2 Å². The van der Waals surface area contributed by atoms with E-state index < -0.39 is 5.91 Å². The van der Waals surface area contributed by atoms with Crippen molar-refractivity contribution in [1.82, 2.24) is 0 Å². The number of ether oxygens (including phenoxy) is 1. The number of benzene rings is 1. The van der Waals surface area contributed by atoms with E-state index in [1.807, 2.05) is 0 Å². The summed E-state index contributed by atoms with van der Waals surface area (Å²) in [6.45, 7) is 1.29. The van der Waals surface area contributed by atoms with Crippen LogP contribution < -0.4 is 9.80 Å². The van der Waals surface area contributed by atoms with E-state index in [0.29, 0.717) is 10.8 Å². The lowest BCUT2D eigenvalue weighted by molar-refractivity contribution is -0.128. The van der Waals surface area contributed by atoms with Crippen LogP contribution in [0.1, 0.15) is 13.3 Å². The Morgan fingerprint density at radius 3 is 2.69 bits per heavy atom. The van der Waals surface area contributed by atoms with Crippen molar-refractivity contribution >= 4 is 17.4 Å². The lowest BCUT2D eigenvalue weighted by Gasteiger charge is -2.14. The maximum absolute atomic E-state index is 11.4. The summed E-state index contributed by atoms with van der Waals surface area (Å²) in [6, 6.07) is 6.36. The molecule has 0 aliphatic rings. The van der Waals surface area contributed by atoms with Gasteiger partial charge in [-0.3, -0.25) is 14.8 Å². The van der Waals surface area contributed by atoms with Crippen LogP contribution in [0.3, 0.4) is 0 Å². The molecule has 0 spiro atoms. The van der Waals surface area contributed by atoms with Gasteiger partial charge in [0.15, 0.2) is 0 Å². The molecule has 0 fully saturated rings. The van der Waals surface area contributed by atoms with E-state index in [1.54, 1.807) is 18.2 Å². The highest BCUT2D eigenvalue weighted by Gasteiger charge is 2.15. The van der Waals surface area contributed by atoms with Crippen LogP contribution in [0.15, 0.2) is 24.3 Å². The first-order valence-corrected chi connectivity index (χ1v) is 4.70. The molecule has 0 aliphatic heterocycles. The summed E-state index contributed by atoms with van der Waals surface area (Å²) >= 11 is 0. The van der Waals surface area contributed by atoms with Crippen LogP contribution in [0, 0.1) is 0 Å². The zero-order chi connectivity index (χ0) is 12.1. The highest BCUT2D eigenvalue weighted by Crippen LogP contribution is 2.20. The topological polar surface area (TPSA) is 66.8 Å². The Hall–Kier alpha value is -1.88. The molecule has 0 bridgehead atoms. The molecule has 1 aromatic rings. The molecule has 0 heterocycles. The van der Waals surface area contributed by atoms with Crippen molar-refractivity contribution < 1.29 is 19.5 Å². The van der Waals surface area contributed by atoms with Crippen molar-refractivity contribution in [1.29, 1.82) is 0 Å². The van der Waals surface area contributed by atoms with Crippen molar-refractivity contribution in [3.63, 3.8) is 0 Å². The second kappa shape index (κ2) is 5.27. The van der Waals surface area contributed by atoms with Gasteiger partial charge in [0.2, 0.25) is 0 Å². The van der Waals surface area contributed by atoms with Gasteiger partial charge in [-0.1, -0.05) is 6.07 Å². The molecule has 0 aliphatic carbocycles. The quantitative estimate of drug-likeness (QED) is 0.476. The number of ketones is 1. The van der Waals surface area contributed by atoms with Gasteiger partial charge in [0, 0.05) is 6.07 Å². The van der Waals surface area contributed by atoms with Gasteiger partial charge in [-0.05, 0) is 19.1 Å². The zero-order valence-corrected chi connectivity index (χ0v) is 9.14. The zero-order valence-electron chi connectivity index (χ0n) is 9.14. The van der Waals surface area contributed by atoms with Gasteiger partial charge in [-0.2, -0.15) is 5.06 Å². The molecule has 86 valence electrons. The second-order valence-electron chi connectivity index (χ2n) is 3.29. The molecule has 0 aromatic heterocycles. The molecule has 1 aromatic carbocycles. The fraction of sp³-hybridized carbons (Fsp3) is 0.273. The van der Waals surface area contributed by atoms with Crippen LogP contribution in [0.4, 0.5) is 5.69 Å². The van der Waals surface area contributed by atoms with Crippen molar-refractivity contribution in [2.24, 2.45) is 0 Å². The van der Waals surface area contributed by atoms with Crippen LogP contribution in [0.5, 0.6) is 5.75 Å². The summed E-state index contributed by atoms with van der Waals surface area (Å²) in [5.41, 5.74) is 0.269. The van der Waals surface area contributed by atoms with Gasteiger partial charge < -0.3 is 4.74 Å². The third kappa shape index (κ3) is 3.06. The Morgan fingerprint density at radius 2 is 2.12 bits per heavy atom. The first-order chi connectivity index (χ1) is 7.54. The highest BCUT2D eigenvalue weighted by molar-refractivity contribution is 6.03. The number of carbonyl (C=O) groups excluding carboxylic acids is 2. The number of nitrogens with zero attached hydrogens (tertiary/aromatic N) is 1. The number of hydrogen-bond donors (Lipinski definition) is 1. The van der Waals surface area contributed by atoms with Gasteiger partial charge in [-0.15, -0.1) is 0 Å². The van der Waals surface area contributed by atoms with E-state index in [2.05, 4.69) is 0 Å². The van der Waals surface area contributed by atoms with Crippen LogP contribution >= 0.6 is 0 Å². The van der Waals surface area contributed by atoms with Gasteiger partial charge >= 0.3 is 0 Å². The molecule has 0 saturated heterocycles. The Labute approximate surface area is 93.2 Å². The number of hydrogen-bond acceptors (Lipinski definition) is 4. The minimum Gasteiger partial charge on any atom is -0.497 e. The number of amides is 1. The minimum absolute atomic E-state index is 0.269. The molecule has 1 N–H and O–H groups in total. The predicted molar refractivity (Wildman–Crippen MR) is 57.6 cm³/mol. The fourth-order valence-corrected chi connectivity index (χ4v) is 1.17. The summed E-state index contributed by atoms with van der Waals surface area (Å²) in [5.74, 6) is -0.445. The molecule has 0 saturated carbocycles. The molecular weight excluding hydrogens is 210 g/mol. The monoisotopic (exact) mass is 223 g/mol. The third-order valence-electron chi connectivity index (χ3n) is 1.93. The van der Waals surface area contributed by atoms with Gasteiger partial charge in [0.25, 0.3) is 5.91 Å². The van der Waals surface area contributed by atoms with E-state index >= 15 is 0 Å². The minimum atomic E-state index is -0.666. The van der Waals surface area contributed by atoms with Crippen molar-refractivity contribution in [2.45, 2.75) is 13.3 Å². The molecule has 1 amide bonds. The van der Waals surface area contributed by atoms with Crippen LogP contribution in [-0.2, 0) is 9.59 Å². The Balaban J connectivity index is 2.82. The normalized spacial score (nSPS) is 9.69. The Morgan fingerprint density at radius 1 is 1.44 bits per heavy atom. The van der Waals surface area contributed by atoms with E-state index in [0.717, 1.165) is 0 Å². The Kier molecular flexibility index (Phi) is 4.02.